The van der Waals surface area contributed by atoms with Crippen molar-refractivity contribution in [1.82, 2.24) is 0 Å². The monoisotopic (exact) mass is 299 g/mol. The van der Waals surface area contributed by atoms with Crippen LogP contribution >= 0.6 is 0 Å². The van der Waals surface area contributed by atoms with E-state index in [0.717, 1.165) is 0 Å². The summed E-state index contributed by atoms with van der Waals surface area (Å²) in [5.74, 6) is -0.904. The number of aliphatic hydroxyl groups excluding tert-OH is 1. The minimum absolute atomic E-state index is 0.236. The van der Waals surface area contributed by atoms with E-state index in [1.165, 1.54) is 24.0 Å². The Bertz CT molecular complexity index is 695. The lowest BCUT2D eigenvalue weighted by atomic mass is 10.1. The van der Waals surface area contributed by atoms with E-state index in [0.29, 0.717) is 11.3 Å². The van der Waals surface area contributed by atoms with E-state index in [1.807, 2.05) is 6.07 Å². The summed E-state index contributed by atoms with van der Waals surface area (Å²) in [6.45, 7) is 7.06. The van der Waals surface area contributed by atoms with Crippen molar-refractivity contribution in [2.75, 3.05) is 4.90 Å². The van der Waals surface area contributed by atoms with Crippen molar-refractivity contribution in [3.05, 3.63) is 77.8 Å². The third-order valence-corrected chi connectivity index (χ3v) is 3.42. The van der Waals surface area contributed by atoms with E-state index in [4.69, 9.17) is 0 Å². The van der Waals surface area contributed by atoms with Gasteiger partial charge in [-0.05, 0) is 43.7 Å². The average Bonchev–Trinajstić information content (AvgIpc) is 2.50. The number of hydrogen-bond donors (Lipinski definition) is 1. The van der Waals surface area contributed by atoms with Gasteiger partial charge in [0.1, 0.15) is 5.82 Å². The van der Waals surface area contributed by atoms with Gasteiger partial charge in [0.15, 0.2) is 0 Å². The zero-order chi connectivity index (χ0) is 16.3. The predicted octanol–water partition coefficient (Wildman–Crippen LogP) is 3.68. The smallest absolute Gasteiger partial charge is 0.263 e. The first-order valence-electron chi connectivity index (χ1n) is 6.94. The van der Waals surface area contributed by atoms with Crippen LogP contribution in [0.3, 0.4) is 0 Å². The number of carbonyl (C=O) groups is 1. The number of hydrogen-bond acceptors (Lipinski definition) is 2. The SMILES string of the molecule is C=C(C(C)O)N(C(=O)c1cc(F)ccc1C)c1ccccc1. The number of anilines is 1. The second-order valence-electron chi connectivity index (χ2n) is 5.10. The second kappa shape index (κ2) is 6.54. The van der Waals surface area contributed by atoms with Crippen molar-refractivity contribution in [2.45, 2.75) is 20.0 Å². The molecule has 1 amide bonds. The van der Waals surface area contributed by atoms with Crippen LogP contribution in [0.25, 0.3) is 0 Å². The Kier molecular flexibility index (Phi) is 4.73. The predicted molar refractivity (Wildman–Crippen MR) is 85.2 cm³/mol. The molecule has 0 heterocycles. The van der Waals surface area contributed by atoms with E-state index in [1.54, 1.807) is 37.3 Å². The Morgan fingerprint density at radius 2 is 1.86 bits per heavy atom. The molecule has 2 rings (SSSR count). The highest BCUT2D eigenvalue weighted by molar-refractivity contribution is 6.09. The number of carbonyl (C=O) groups excluding carboxylic acids is 1. The van der Waals surface area contributed by atoms with Gasteiger partial charge < -0.3 is 5.11 Å². The van der Waals surface area contributed by atoms with Crippen LogP contribution in [0.5, 0.6) is 0 Å². The molecule has 0 fully saturated rings. The molecule has 0 saturated carbocycles. The number of nitrogens with zero attached hydrogens (tertiary/aromatic N) is 1. The lowest BCUT2D eigenvalue weighted by Gasteiger charge is -2.27. The van der Waals surface area contributed by atoms with Crippen molar-refractivity contribution in [1.29, 1.82) is 0 Å². The van der Waals surface area contributed by atoms with Crippen LogP contribution in [0.15, 0.2) is 60.8 Å². The van der Waals surface area contributed by atoms with Crippen LogP contribution in [0.2, 0.25) is 0 Å². The van der Waals surface area contributed by atoms with E-state index < -0.39 is 17.8 Å². The lowest BCUT2D eigenvalue weighted by molar-refractivity contribution is 0.0984. The van der Waals surface area contributed by atoms with Gasteiger partial charge in [-0.1, -0.05) is 30.8 Å². The third-order valence-electron chi connectivity index (χ3n) is 3.42. The molecule has 2 aromatic carbocycles. The van der Waals surface area contributed by atoms with Crippen molar-refractivity contribution in [2.24, 2.45) is 0 Å². The highest BCUT2D eigenvalue weighted by atomic mass is 19.1. The van der Waals surface area contributed by atoms with Crippen LogP contribution < -0.4 is 4.90 Å². The summed E-state index contributed by atoms with van der Waals surface area (Å²) in [7, 11) is 0. The molecular weight excluding hydrogens is 281 g/mol. The Balaban J connectivity index is 2.52. The van der Waals surface area contributed by atoms with Crippen LogP contribution in [0.1, 0.15) is 22.8 Å². The van der Waals surface area contributed by atoms with Crippen molar-refractivity contribution < 1.29 is 14.3 Å². The fourth-order valence-electron chi connectivity index (χ4n) is 2.12. The summed E-state index contributed by atoms with van der Waals surface area (Å²) in [4.78, 5) is 14.2. The number of para-hydroxylation sites is 1. The maximum absolute atomic E-state index is 13.5. The number of amides is 1. The van der Waals surface area contributed by atoms with E-state index in [2.05, 4.69) is 6.58 Å². The number of benzene rings is 2. The van der Waals surface area contributed by atoms with Gasteiger partial charge in [0, 0.05) is 16.9 Å². The van der Waals surface area contributed by atoms with Crippen molar-refractivity contribution >= 4 is 11.6 Å². The number of aryl methyl sites for hydroxylation is 1. The maximum Gasteiger partial charge on any atom is 0.263 e. The molecule has 4 heteroatoms. The number of rotatable bonds is 4. The molecule has 1 N–H and O–H groups in total. The van der Waals surface area contributed by atoms with Gasteiger partial charge in [0.2, 0.25) is 0 Å². The van der Waals surface area contributed by atoms with Crippen molar-refractivity contribution in [3.8, 4) is 0 Å². The highest BCUT2D eigenvalue weighted by Gasteiger charge is 2.24. The first kappa shape index (κ1) is 15.9. The summed E-state index contributed by atoms with van der Waals surface area (Å²) in [5.41, 5.74) is 1.71. The highest BCUT2D eigenvalue weighted by Crippen LogP contribution is 2.24. The minimum atomic E-state index is -0.905. The third kappa shape index (κ3) is 3.23. The minimum Gasteiger partial charge on any atom is -0.387 e. The largest absolute Gasteiger partial charge is 0.387 e. The molecule has 114 valence electrons. The number of aliphatic hydroxyl groups is 1. The molecule has 2 aromatic rings. The van der Waals surface area contributed by atoms with Gasteiger partial charge in [-0.25, -0.2) is 4.39 Å². The fraction of sp³-hybridized carbons (Fsp3) is 0.167. The fourth-order valence-corrected chi connectivity index (χ4v) is 2.12. The molecule has 1 atom stereocenters. The Morgan fingerprint density at radius 1 is 1.23 bits per heavy atom. The molecule has 22 heavy (non-hydrogen) atoms. The molecule has 0 aromatic heterocycles. The Labute approximate surface area is 129 Å². The zero-order valence-electron chi connectivity index (χ0n) is 12.6. The molecule has 0 aliphatic carbocycles. The summed E-state index contributed by atoms with van der Waals surface area (Å²) in [6.07, 6.45) is -0.905. The molecule has 0 aliphatic rings. The molecule has 1 unspecified atom stereocenters. The van der Waals surface area contributed by atoms with Crippen LogP contribution in [0, 0.1) is 12.7 Å². The topological polar surface area (TPSA) is 40.5 Å². The first-order valence-corrected chi connectivity index (χ1v) is 6.94. The molecule has 0 radical (unpaired) electrons. The molecule has 0 bridgehead atoms. The van der Waals surface area contributed by atoms with Gasteiger partial charge in [0.25, 0.3) is 5.91 Å². The molecule has 0 aliphatic heterocycles. The summed E-state index contributed by atoms with van der Waals surface area (Å²) in [5, 5.41) is 9.80. The van der Waals surface area contributed by atoms with Gasteiger partial charge >= 0.3 is 0 Å². The summed E-state index contributed by atoms with van der Waals surface area (Å²) < 4.78 is 13.5. The van der Waals surface area contributed by atoms with Crippen LogP contribution in [-0.4, -0.2) is 17.1 Å². The number of halogens is 1. The molecule has 0 saturated heterocycles. The van der Waals surface area contributed by atoms with Gasteiger partial charge in [-0.3, -0.25) is 9.69 Å². The van der Waals surface area contributed by atoms with Crippen LogP contribution in [0.4, 0.5) is 10.1 Å². The lowest BCUT2D eigenvalue weighted by Crippen LogP contribution is -2.34. The summed E-state index contributed by atoms with van der Waals surface area (Å²) in [6, 6.07) is 12.9. The zero-order valence-corrected chi connectivity index (χ0v) is 12.6. The van der Waals surface area contributed by atoms with Crippen molar-refractivity contribution in [3.63, 3.8) is 0 Å². The van der Waals surface area contributed by atoms with E-state index in [9.17, 15) is 14.3 Å². The van der Waals surface area contributed by atoms with E-state index >= 15 is 0 Å². The second-order valence-corrected chi connectivity index (χ2v) is 5.10. The van der Waals surface area contributed by atoms with E-state index in [-0.39, 0.29) is 11.3 Å². The first-order chi connectivity index (χ1) is 10.4. The molecular formula is C18H18FNO2. The van der Waals surface area contributed by atoms with Crippen LogP contribution in [-0.2, 0) is 0 Å². The molecule has 0 spiro atoms. The van der Waals surface area contributed by atoms with Gasteiger partial charge in [0.05, 0.1) is 6.10 Å². The Morgan fingerprint density at radius 3 is 2.45 bits per heavy atom. The normalized spacial score (nSPS) is 11.8. The Hall–Kier alpha value is -2.46. The maximum atomic E-state index is 13.5. The molecule has 3 nitrogen and oxygen atoms in total. The standard InChI is InChI=1S/C18H18FNO2/c1-12-9-10-15(19)11-17(12)18(22)20(13(2)14(3)21)16-7-5-4-6-8-16/h4-11,14,21H,2H2,1,3H3. The summed E-state index contributed by atoms with van der Waals surface area (Å²) >= 11 is 0. The average molecular weight is 299 g/mol. The van der Waals surface area contributed by atoms with Gasteiger partial charge in [-0.15, -0.1) is 0 Å². The quantitative estimate of drug-likeness (QED) is 0.935. The van der Waals surface area contributed by atoms with Gasteiger partial charge in [-0.2, -0.15) is 0 Å².